The maximum atomic E-state index is 11.9. The lowest BCUT2D eigenvalue weighted by Crippen LogP contribution is -2.10. The average molecular weight is 437 g/mol. The molecule has 0 aromatic heterocycles. The fourth-order valence-electron chi connectivity index (χ4n) is 3.53. The Morgan fingerprint density at radius 2 is 1.06 bits per heavy atom. The van der Waals surface area contributed by atoms with Gasteiger partial charge in [-0.1, -0.05) is 110 Å². The van der Waals surface area contributed by atoms with Crippen LogP contribution < -0.4 is 0 Å². The van der Waals surface area contributed by atoms with Crippen LogP contribution in [0.5, 0.6) is 0 Å². The zero-order chi connectivity index (χ0) is 23.2. The molecule has 0 atom stereocenters. The number of carbonyl (C=O) groups excluding carboxylic acids is 2. The molecule has 180 valence electrons. The van der Waals surface area contributed by atoms with Gasteiger partial charge in [0.05, 0.1) is 18.8 Å². The molecule has 0 amide bonds. The SMILES string of the molecule is C=C(/C=C(\C)C(=O)OCCCCCCCCCCCCCCCCCC)C(=O)OCC. The van der Waals surface area contributed by atoms with Gasteiger partial charge in [-0.15, -0.1) is 0 Å². The van der Waals surface area contributed by atoms with Gasteiger partial charge in [0, 0.05) is 5.57 Å². The second-order valence-electron chi connectivity index (χ2n) is 8.51. The minimum absolute atomic E-state index is 0.165. The van der Waals surface area contributed by atoms with E-state index in [1.807, 2.05) is 0 Å². The van der Waals surface area contributed by atoms with Crippen LogP contribution in [0.25, 0.3) is 0 Å². The Balaban J connectivity index is 3.47. The topological polar surface area (TPSA) is 52.6 Å². The zero-order valence-electron chi connectivity index (χ0n) is 20.6. The maximum absolute atomic E-state index is 11.9. The standard InChI is InChI=1S/C27H48O4/c1-5-7-8-9-10-11-12-13-14-15-16-17-18-19-20-21-22-31-27(29)25(4)23-24(3)26(28)30-6-2/h23H,3,5-22H2,1-2,4H3/b25-23+. The summed E-state index contributed by atoms with van der Waals surface area (Å²) in [5.74, 6) is -0.904. The Labute approximate surface area is 191 Å². The highest BCUT2D eigenvalue weighted by atomic mass is 16.5. The molecule has 0 aliphatic rings. The molecule has 0 N–H and O–H groups in total. The van der Waals surface area contributed by atoms with Crippen LogP contribution in [0.1, 0.15) is 124 Å². The molecule has 0 fully saturated rings. The largest absolute Gasteiger partial charge is 0.462 e. The number of hydrogen-bond acceptors (Lipinski definition) is 4. The van der Waals surface area contributed by atoms with Gasteiger partial charge in [0.1, 0.15) is 0 Å². The molecule has 31 heavy (non-hydrogen) atoms. The Morgan fingerprint density at radius 1 is 0.645 bits per heavy atom. The van der Waals surface area contributed by atoms with Gasteiger partial charge in [0.2, 0.25) is 0 Å². The third-order valence-electron chi connectivity index (χ3n) is 5.48. The lowest BCUT2D eigenvalue weighted by Gasteiger charge is -2.06. The van der Waals surface area contributed by atoms with Crippen LogP contribution in [0.3, 0.4) is 0 Å². The Bertz CT molecular complexity index is 507. The minimum atomic E-state index is -0.507. The fraction of sp³-hybridized carbons (Fsp3) is 0.778. The molecule has 0 heterocycles. The van der Waals surface area contributed by atoms with E-state index in [0.29, 0.717) is 12.2 Å². The maximum Gasteiger partial charge on any atom is 0.337 e. The summed E-state index contributed by atoms with van der Waals surface area (Å²) < 4.78 is 10.1. The van der Waals surface area contributed by atoms with Gasteiger partial charge in [-0.25, -0.2) is 9.59 Å². The molecule has 0 spiro atoms. The van der Waals surface area contributed by atoms with Gasteiger partial charge in [-0.3, -0.25) is 0 Å². The van der Waals surface area contributed by atoms with E-state index in [1.165, 1.54) is 96.0 Å². The normalized spacial score (nSPS) is 11.4. The number of carbonyl (C=O) groups is 2. The van der Waals surface area contributed by atoms with E-state index in [0.717, 1.165) is 12.8 Å². The van der Waals surface area contributed by atoms with Crippen LogP contribution in [-0.2, 0) is 19.1 Å². The molecule has 4 heteroatoms. The smallest absolute Gasteiger partial charge is 0.337 e. The monoisotopic (exact) mass is 436 g/mol. The van der Waals surface area contributed by atoms with E-state index in [4.69, 9.17) is 9.47 Å². The summed E-state index contributed by atoms with van der Waals surface area (Å²) in [4.78, 5) is 23.4. The number of ether oxygens (including phenoxy) is 2. The summed E-state index contributed by atoms with van der Waals surface area (Å²) in [6.45, 7) is 9.96. The molecule has 0 saturated carbocycles. The Morgan fingerprint density at radius 3 is 1.48 bits per heavy atom. The average Bonchev–Trinajstić information content (AvgIpc) is 2.75. The number of esters is 2. The van der Waals surface area contributed by atoms with Gasteiger partial charge in [-0.05, 0) is 26.3 Å². The van der Waals surface area contributed by atoms with Crippen molar-refractivity contribution in [3.8, 4) is 0 Å². The fourth-order valence-corrected chi connectivity index (χ4v) is 3.53. The highest BCUT2D eigenvalue weighted by molar-refractivity contribution is 5.95. The summed E-state index contributed by atoms with van der Waals surface area (Å²) in [7, 11) is 0. The highest BCUT2D eigenvalue weighted by Gasteiger charge is 2.10. The van der Waals surface area contributed by atoms with Crippen molar-refractivity contribution in [2.45, 2.75) is 124 Å². The van der Waals surface area contributed by atoms with Crippen molar-refractivity contribution in [1.29, 1.82) is 0 Å². The van der Waals surface area contributed by atoms with Gasteiger partial charge in [0.25, 0.3) is 0 Å². The predicted molar refractivity (Wildman–Crippen MR) is 130 cm³/mol. The van der Waals surface area contributed by atoms with E-state index >= 15 is 0 Å². The first kappa shape index (κ1) is 29.4. The lowest BCUT2D eigenvalue weighted by atomic mass is 10.0. The van der Waals surface area contributed by atoms with E-state index in [1.54, 1.807) is 13.8 Å². The third-order valence-corrected chi connectivity index (χ3v) is 5.48. The number of hydrogen-bond donors (Lipinski definition) is 0. The van der Waals surface area contributed by atoms with Gasteiger partial charge in [-0.2, -0.15) is 0 Å². The van der Waals surface area contributed by atoms with E-state index in [2.05, 4.69) is 13.5 Å². The van der Waals surface area contributed by atoms with Gasteiger partial charge < -0.3 is 9.47 Å². The molecule has 0 rings (SSSR count). The van der Waals surface area contributed by atoms with Crippen molar-refractivity contribution < 1.29 is 19.1 Å². The van der Waals surface area contributed by atoms with Crippen LogP contribution in [-0.4, -0.2) is 25.2 Å². The van der Waals surface area contributed by atoms with Crippen molar-refractivity contribution in [2.24, 2.45) is 0 Å². The number of rotatable bonds is 21. The molecular weight excluding hydrogens is 388 g/mol. The molecule has 0 radical (unpaired) electrons. The minimum Gasteiger partial charge on any atom is -0.462 e. The van der Waals surface area contributed by atoms with Crippen LogP contribution >= 0.6 is 0 Å². The van der Waals surface area contributed by atoms with Crippen molar-refractivity contribution in [1.82, 2.24) is 0 Å². The Hall–Kier alpha value is -1.58. The molecule has 0 bridgehead atoms. The summed E-state index contributed by atoms with van der Waals surface area (Å²) in [6, 6.07) is 0. The molecular formula is C27H48O4. The molecule has 0 unspecified atom stereocenters. The lowest BCUT2D eigenvalue weighted by molar-refractivity contribution is -0.139. The van der Waals surface area contributed by atoms with Crippen LogP contribution in [0.4, 0.5) is 0 Å². The zero-order valence-corrected chi connectivity index (χ0v) is 20.6. The quantitative estimate of drug-likeness (QED) is 0.0795. The third kappa shape index (κ3) is 18.9. The first-order valence-corrected chi connectivity index (χ1v) is 12.7. The van der Waals surface area contributed by atoms with E-state index in [9.17, 15) is 9.59 Å². The van der Waals surface area contributed by atoms with Crippen molar-refractivity contribution in [3.63, 3.8) is 0 Å². The first-order chi connectivity index (χ1) is 15.0. The number of unbranched alkanes of at least 4 members (excludes halogenated alkanes) is 15. The summed E-state index contributed by atoms with van der Waals surface area (Å²) >= 11 is 0. The van der Waals surface area contributed by atoms with Crippen LogP contribution in [0.15, 0.2) is 23.8 Å². The van der Waals surface area contributed by atoms with Crippen molar-refractivity contribution in [3.05, 3.63) is 23.8 Å². The first-order valence-electron chi connectivity index (χ1n) is 12.7. The van der Waals surface area contributed by atoms with Crippen molar-refractivity contribution in [2.75, 3.05) is 13.2 Å². The van der Waals surface area contributed by atoms with Crippen molar-refractivity contribution >= 4 is 11.9 Å². The van der Waals surface area contributed by atoms with Crippen LogP contribution in [0, 0.1) is 0 Å². The second kappa shape index (κ2) is 21.6. The molecule has 0 aliphatic carbocycles. The van der Waals surface area contributed by atoms with Gasteiger partial charge >= 0.3 is 11.9 Å². The second-order valence-corrected chi connectivity index (χ2v) is 8.51. The predicted octanol–water partition coefficient (Wildman–Crippen LogP) is 7.86. The Kier molecular flexibility index (Phi) is 20.5. The van der Waals surface area contributed by atoms with Gasteiger partial charge in [0.15, 0.2) is 0 Å². The van der Waals surface area contributed by atoms with E-state index < -0.39 is 11.9 Å². The van der Waals surface area contributed by atoms with Crippen LogP contribution in [0.2, 0.25) is 0 Å². The molecule has 0 aliphatic heterocycles. The molecule has 0 aromatic rings. The summed E-state index contributed by atoms with van der Waals surface area (Å²) in [5.41, 5.74) is 0.535. The molecule has 0 aromatic carbocycles. The molecule has 0 saturated heterocycles. The highest BCUT2D eigenvalue weighted by Crippen LogP contribution is 2.14. The summed E-state index contributed by atoms with van der Waals surface area (Å²) in [6.07, 6.45) is 22.5. The van der Waals surface area contributed by atoms with E-state index in [-0.39, 0.29) is 12.2 Å². The summed E-state index contributed by atoms with van der Waals surface area (Å²) in [5, 5.41) is 0. The molecule has 4 nitrogen and oxygen atoms in total.